The standard InChI is InChI=1S/C10H18N4OS/c1-4-8-13-14-10(16-8)12-9(15)7(5-11)6(2)3/h6-7H,4-5,11H2,1-3H3,(H,12,14,15). The zero-order chi connectivity index (χ0) is 12.1. The molecule has 5 nitrogen and oxygen atoms in total. The third kappa shape index (κ3) is 3.24. The van der Waals surface area contributed by atoms with E-state index in [0.29, 0.717) is 11.7 Å². The van der Waals surface area contributed by atoms with Crippen LogP contribution in [0.5, 0.6) is 0 Å². The van der Waals surface area contributed by atoms with Crippen LogP contribution in [0.4, 0.5) is 5.13 Å². The number of aromatic nitrogens is 2. The molecule has 1 aromatic rings. The molecule has 1 atom stereocenters. The zero-order valence-electron chi connectivity index (χ0n) is 9.86. The highest BCUT2D eigenvalue weighted by atomic mass is 32.1. The van der Waals surface area contributed by atoms with Crippen LogP contribution in [0.15, 0.2) is 0 Å². The number of nitrogens with two attached hydrogens (primary N) is 1. The van der Waals surface area contributed by atoms with Gasteiger partial charge in [-0.25, -0.2) is 0 Å². The number of nitrogens with zero attached hydrogens (tertiary/aromatic N) is 2. The lowest BCUT2D eigenvalue weighted by Gasteiger charge is -2.16. The molecular weight excluding hydrogens is 224 g/mol. The molecule has 1 amide bonds. The number of nitrogens with one attached hydrogen (secondary N) is 1. The number of hydrogen-bond donors (Lipinski definition) is 2. The van der Waals surface area contributed by atoms with Gasteiger partial charge in [-0.1, -0.05) is 32.1 Å². The van der Waals surface area contributed by atoms with Gasteiger partial charge in [0.2, 0.25) is 11.0 Å². The van der Waals surface area contributed by atoms with Crippen molar-refractivity contribution in [1.29, 1.82) is 0 Å². The second kappa shape index (κ2) is 5.91. The van der Waals surface area contributed by atoms with Crippen LogP contribution < -0.4 is 11.1 Å². The third-order valence-electron chi connectivity index (χ3n) is 2.39. The molecule has 0 aliphatic carbocycles. The number of rotatable bonds is 5. The third-order valence-corrected chi connectivity index (χ3v) is 3.38. The molecule has 1 heterocycles. The van der Waals surface area contributed by atoms with Gasteiger partial charge < -0.3 is 11.1 Å². The van der Waals surface area contributed by atoms with Crippen LogP contribution in [0, 0.1) is 11.8 Å². The maximum atomic E-state index is 11.8. The number of carbonyl (C=O) groups excluding carboxylic acids is 1. The molecule has 0 radical (unpaired) electrons. The molecule has 3 N–H and O–H groups in total. The van der Waals surface area contributed by atoms with E-state index in [9.17, 15) is 4.79 Å². The lowest BCUT2D eigenvalue weighted by atomic mass is 9.95. The van der Waals surface area contributed by atoms with Crippen molar-refractivity contribution in [3.8, 4) is 0 Å². The van der Waals surface area contributed by atoms with Gasteiger partial charge in [0.25, 0.3) is 0 Å². The van der Waals surface area contributed by atoms with E-state index in [1.807, 2.05) is 20.8 Å². The molecule has 0 saturated heterocycles. The summed E-state index contributed by atoms with van der Waals surface area (Å²) < 4.78 is 0. The van der Waals surface area contributed by atoms with E-state index in [0.717, 1.165) is 11.4 Å². The van der Waals surface area contributed by atoms with E-state index in [-0.39, 0.29) is 17.7 Å². The number of carbonyl (C=O) groups is 1. The van der Waals surface area contributed by atoms with Crippen molar-refractivity contribution in [2.75, 3.05) is 11.9 Å². The maximum absolute atomic E-state index is 11.8. The van der Waals surface area contributed by atoms with Gasteiger partial charge in [0.05, 0.1) is 5.92 Å². The van der Waals surface area contributed by atoms with E-state index >= 15 is 0 Å². The van der Waals surface area contributed by atoms with Crippen LogP contribution in [0.25, 0.3) is 0 Å². The van der Waals surface area contributed by atoms with Crippen LogP contribution in [0.3, 0.4) is 0 Å². The summed E-state index contributed by atoms with van der Waals surface area (Å²) in [5, 5.41) is 12.1. The maximum Gasteiger partial charge on any atom is 0.230 e. The summed E-state index contributed by atoms with van der Waals surface area (Å²) in [4.78, 5) is 11.8. The predicted octanol–water partition coefficient (Wildman–Crippen LogP) is 1.27. The Morgan fingerprint density at radius 1 is 1.50 bits per heavy atom. The Kier molecular flexibility index (Phi) is 4.82. The Hall–Kier alpha value is -1.01. The second-order valence-electron chi connectivity index (χ2n) is 3.93. The number of anilines is 1. The van der Waals surface area contributed by atoms with E-state index in [4.69, 9.17) is 5.73 Å². The molecule has 1 unspecified atom stereocenters. The van der Waals surface area contributed by atoms with Crippen molar-refractivity contribution in [3.05, 3.63) is 5.01 Å². The van der Waals surface area contributed by atoms with Crippen molar-refractivity contribution >= 4 is 22.4 Å². The summed E-state index contributed by atoms with van der Waals surface area (Å²) in [6.07, 6.45) is 0.831. The molecule has 0 spiro atoms. The first-order valence-corrected chi connectivity index (χ1v) is 6.23. The lowest BCUT2D eigenvalue weighted by molar-refractivity contribution is -0.120. The van der Waals surface area contributed by atoms with Crippen molar-refractivity contribution in [2.24, 2.45) is 17.6 Å². The molecule has 1 rings (SSSR count). The summed E-state index contributed by atoms with van der Waals surface area (Å²) in [5.74, 6) is -0.0196. The average molecular weight is 242 g/mol. The van der Waals surface area contributed by atoms with Crippen LogP contribution in [-0.2, 0) is 11.2 Å². The highest BCUT2D eigenvalue weighted by Gasteiger charge is 2.21. The number of amides is 1. The van der Waals surface area contributed by atoms with Crippen LogP contribution >= 0.6 is 11.3 Å². The molecule has 0 fully saturated rings. The smallest absolute Gasteiger partial charge is 0.230 e. The van der Waals surface area contributed by atoms with Gasteiger partial charge in [-0.2, -0.15) is 0 Å². The van der Waals surface area contributed by atoms with Crippen LogP contribution in [0.1, 0.15) is 25.8 Å². The first-order chi connectivity index (χ1) is 7.58. The van der Waals surface area contributed by atoms with Crippen LogP contribution in [0.2, 0.25) is 0 Å². The topological polar surface area (TPSA) is 80.9 Å². The molecule has 6 heteroatoms. The highest BCUT2D eigenvalue weighted by Crippen LogP contribution is 2.18. The molecule has 0 aromatic carbocycles. The minimum atomic E-state index is -0.172. The molecule has 90 valence electrons. The zero-order valence-corrected chi connectivity index (χ0v) is 10.7. The van der Waals surface area contributed by atoms with Gasteiger partial charge >= 0.3 is 0 Å². The average Bonchev–Trinajstić information content (AvgIpc) is 2.65. The van der Waals surface area contributed by atoms with Crippen LogP contribution in [-0.4, -0.2) is 22.6 Å². The summed E-state index contributed by atoms with van der Waals surface area (Å²) in [7, 11) is 0. The summed E-state index contributed by atoms with van der Waals surface area (Å²) >= 11 is 1.41. The van der Waals surface area contributed by atoms with E-state index in [1.165, 1.54) is 11.3 Å². The van der Waals surface area contributed by atoms with Crippen molar-refractivity contribution < 1.29 is 4.79 Å². The summed E-state index contributed by atoms with van der Waals surface area (Å²) in [5.41, 5.74) is 5.57. The Labute approximate surface area is 99.5 Å². The summed E-state index contributed by atoms with van der Waals surface area (Å²) in [6, 6.07) is 0. The van der Waals surface area contributed by atoms with Gasteiger partial charge in [-0.05, 0) is 12.3 Å². The van der Waals surface area contributed by atoms with Crippen molar-refractivity contribution in [1.82, 2.24) is 10.2 Å². The molecule has 16 heavy (non-hydrogen) atoms. The molecule has 0 aliphatic heterocycles. The Bertz CT molecular complexity index is 350. The molecule has 0 aliphatic rings. The van der Waals surface area contributed by atoms with Gasteiger partial charge in [0.1, 0.15) is 5.01 Å². The van der Waals surface area contributed by atoms with E-state index in [2.05, 4.69) is 15.5 Å². The quantitative estimate of drug-likeness (QED) is 0.814. The lowest BCUT2D eigenvalue weighted by Crippen LogP contribution is -2.33. The van der Waals surface area contributed by atoms with E-state index < -0.39 is 0 Å². The van der Waals surface area contributed by atoms with Crippen molar-refractivity contribution in [2.45, 2.75) is 27.2 Å². The first-order valence-electron chi connectivity index (χ1n) is 5.41. The predicted molar refractivity (Wildman–Crippen MR) is 65.3 cm³/mol. The molecular formula is C10H18N4OS. The molecule has 0 bridgehead atoms. The normalized spacial score (nSPS) is 12.8. The number of hydrogen-bond acceptors (Lipinski definition) is 5. The molecule has 0 saturated carbocycles. The SMILES string of the molecule is CCc1nnc(NC(=O)C(CN)C(C)C)s1. The first kappa shape index (κ1) is 13.1. The van der Waals surface area contributed by atoms with Crippen molar-refractivity contribution in [3.63, 3.8) is 0 Å². The Morgan fingerprint density at radius 2 is 2.19 bits per heavy atom. The van der Waals surface area contributed by atoms with Gasteiger partial charge in [0.15, 0.2) is 0 Å². The monoisotopic (exact) mass is 242 g/mol. The Morgan fingerprint density at radius 3 is 2.62 bits per heavy atom. The van der Waals surface area contributed by atoms with Gasteiger partial charge in [0, 0.05) is 6.54 Å². The highest BCUT2D eigenvalue weighted by molar-refractivity contribution is 7.15. The largest absolute Gasteiger partial charge is 0.330 e. The Balaban J connectivity index is 2.62. The minimum absolute atomic E-state index is 0.0729. The van der Waals surface area contributed by atoms with Gasteiger partial charge in [-0.15, -0.1) is 10.2 Å². The molecule has 1 aromatic heterocycles. The minimum Gasteiger partial charge on any atom is -0.330 e. The number of aryl methyl sites for hydroxylation is 1. The fourth-order valence-electron chi connectivity index (χ4n) is 1.33. The fraction of sp³-hybridized carbons (Fsp3) is 0.700. The van der Waals surface area contributed by atoms with E-state index in [1.54, 1.807) is 0 Å². The van der Waals surface area contributed by atoms with Gasteiger partial charge in [-0.3, -0.25) is 4.79 Å². The summed E-state index contributed by atoms with van der Waals surface area (Å²) in [6.45, 7) is 6.31. The second-order valence-corrected chi connectivity index (χ2v) is 4.99. The fourth-order valence-corrected chi connectivity index (χ4v) is 2.01.